The van der Waals surface area contributed by atoms with Crippen LogP contribution in [0.25, 0.3) is 5.70 Å². The number of nitrogens with one attached hydrogen (secondary N) is 1. The van der Waals surface area contributed by atoms with E-state index in [-0.39, 0.29) is 6.04 Å². The van der Waals surface area contributed by atoms with E-state index in [4.69, 9.17) is 4.74 Å². The summed E-state index contributed by atoms with van der Waals surface area (Å²) in [7, 11) is 1.66. The lowest BCUT2D eigenvalue weighted by Gasteiger charge is -2.22. The summed E-state index contributed by atoms with van der Waals surface area (Å²) in [4.78, 5) is 1.16. The van der Waals surface area contributed by atoms with Crippen LogP contribution in [0, 0.1) is 0 Å². The van der Waals surface area contributed by atoms with E-state index in [1.165, 1.54) is 0 Å². The molecule has 1 aliphatic rings. The van der Waals surface area contributed by atoms with Crippen molar-refractivity contribution < 1.29 is 4.74 Å². The van der Waals surface area contributed by atoms with Crippen molar-refractivity contribution in [1.82, 2.24) is 20.2 Å². The SMILES string of the molecule is COc1ccc([C@H]2C=C(c3cccs3)Nc3nnnn32)cc1. The van der Waals surface area contributed by atoms with Gasteiger partial charge in [0.1, 0.15) is 11.8 Å². The van der Waals surface area contributed by atoms with Crippen LogP contribution in [0.3, 0.4) is 0 Å². The van der Waals surface area contributed by atoms with Crippen LogP contribution < -0.4 is 10.1 Å². The molecular formula is C15H13N5OS. The number of thiophene rings is 1. The molecule has 0 fully saturated rings. The number of aromatic nitrogens is 4. The van der Waals surface area contributed by atoms with E-state index in [0.717, 1.165) is 21.9 Å². The van der Waals surface area contributed by atoms with Gasteiger partial charge in [-0.15, -0.1) is 11.3 Å². The summed E-state index contributed by atoms with van der Waals surface area (Å²) < 4.78 is 6.99. The number of nitrogens with zero attached hydrogens (tertiary/aromatic N) is 4. The highest BCUT2D eigenvalue weighted by molar-refractivity contribution is 7.11. The molecule has 0 spiro atoms. The lowest BCUT2D eigenvalue weighted by molar-refractivity contribution is 0.414. The predicted molar refractivity (Wildman–Crippen MR) is 84.9 cm³/mol. The van der Waals surface area contributed by atoms with Gasteiger partial charge in [-0.2, -0.15) is 4.68 Å². The van der Waals surface area contributed by atoms with Gasteiger partial charge in [-0.1, -0.05) is 23.3 Å². The smallest absolute Gasteiger partial charge is 0.248 e. The first-order chi connectivity index (χ1) is 10.8. The lowest BCUT2D eigenvalue weighted by atomic mass is 10.0. The van der Waals surface area contributed by atoms with Gasteiger partial charge in [-0.3, -0.25) is 0 Å². The average molecular weight is 311 g/mol. The summed E-state index contributed by atoms with van der Waals surface area (Å²) in [5.74, 6) is 1.48. The number of fused-ring (bicyclic) bond motifs is 1. The Morgan fingerprint density at radius 1 is 1.23 bits per heavy atom. The van der Waals surface area contributed by atoms with Gasteiger partial charge in [0.25, 0.3) is 0 Å². The highest BCUT2D eigenvalue weighted by Gasteiger charge is 2.24. The molecule has 7 heteroatoms. The van der Waals surface area contributed by atoms with Crippen LogP contribution in [0.15, 0.2) is 47.9 Å². The Bertz CT molecular complexity index is 807. The number of rotatable bonds is 3. The maximum atomic E-state index is 5.22. The molecule has 4 rings (SSSR count). The molecule has 110 valence electrons. The molecule has 1 atom stereocenters. The van der Waals surface area contributed by atoms with Gasteiger partial charge in [0, 0.05) is 0 Å². The topological polar surface area (TPSA) is 64.9 Å². The highest BCUT2D eigenvalue weighted by Crippen LogP contribution is 2.33. The molecule has 22 heavy (non-hydrogen) atoms. The summed E-state index contributed by atoms with van der Waals surface area (Å²) in [6, 6.07) is 12.0. The first-order valence-corrected chi connectivity index (χ1v) is 7.67. The number of anilines is 1. The van der Waals surface area contributed by atoms with Crippen LogP contribution in [0.4, 0.5) is 5.95 Å². The molecule has 0 saturated heterocycles. The van der Waals surface area contributed by atoms with Crippen molar-refractivity contribution >= 4 is 23.0 Å². The van der Waals surface area contributed by atoms with E-state index in [1.807, 2.05) is 30.3 Å². The quantitative estimate of drug-likeness (QED) is 0.806. The number of benzene rings is 1. The summed E-state index contributed by atoms with van der Waals surface area (Å²) in [5.41, 5.74) is 2.13. The van der Waals surface area contributed by atoms with Crippen LogP contribution in [-0.4, -0.2) is 27.3 Å². The molecule has 0 aliphatic carbocycles. The number of hydrogen-bond acceptors (Lipinski definition) is 6. The van der Waals surface area contributed by atoms with Crippen LogP contribution >= 0.6 is 11.3 Å². The van der Waals surface area contributed by atoms with E-state index >= 15 is 0 Å². The van der Waals surface area contributed by atoms with Crippen LogP contribution in [0.1, 0.15) is 16.5 Å². The molecule has 3 aromatic rings. The van der Waals surface area contributed by atoms with E-state index < -0.39 is 0 Å². The molecule has 0 unspecified atom stereocenters. The van der Waals surface area contributed by atoms with Gasteiger partial charge in [-0.25, -0.2) is 0 Å². The molecule has 2 aromatic heterocycles. The molecule has 1 N–H and O–H groups in total. The molecule has 3 heterocycles. The van der Waals surface area contributed by atoms with E-state index in [1.54, 1.807) is 23.1 Å². The Balaban J connectivity index is 1.78. The predicted octanol–water partition coefficient (Wildman–Crippen LogP) is 2.80. The van der Waals surface area contributed by atoms with E-state index in [2.05, 4.69) is 38.4 Å². The van der Waals surface area contributed by atoms with Crippen molar-refractivity contribution in [3.8, 4) is 5.75 Å². The second kappa shape index (κ2) is 5.27. The normalized spacial score (nSPS) is 16.6. The first kappa shape index (κ1) is 13.0. The minimum absolute atomic E-state index is 0.0470. The molecular weight excluding hydrogens is 298 g/mol. The van der Waals surface area contributed by atoms with Gasteiger partial charge in [0.05, 0.1) is 17.7 Å². The molecule has 0 bridgehead atoms. The Labute approximate surface area is 131 Å². The van der Waals surface area contributed by atoms with Crippen molar-refractivity contribution in [2.75, 3.05) is 12.4 Å². The van der Waals surface area contributed by atoms with Gasteiger partial charge in [-0.05, 0) is 45.6 Å². The summed E-state index contributed by atoms with van der Waals surface area (Å²) in [5, 5.41) is 17.3. The van der Waals surface area contributed by atoms with E-state index in [0.29, 0.717) is 5.95 Å². The molecule has 0 radical (unpaired) electrons. The van der Waals surface area contributed by atoms with Crippen LogP contribution in [0.2, 0.25) is 0 Å². The van der Waals surface area contributed by atoms with Gasteiger partial charge < -0.3 is 10.1 Å². The third-order valence-electron chi connectivity index (χ3n) is 3.57. The summed E-state index contributed by atoms with van der Waals surface area (Å²) in [6.07, 6.45) is 2.14. The van der Waals surface area contributed by atoms with Crippen molar-refractivity contribution in [3.05, 3.63) is 58.3 Å². The fourth-order valence-electron chi connectivity index (χ4n) is 2.47. The maximum absolute atomic E-state index is 5.22. The Morgan fingerprint density at radius 3 is 2.82 bits per heavy atom. The fourth-order valence-corrected chi connectivity index (χ4v) is 3.17. The van der Waals surface area contributed by atoms with Gasteiger partial charge in [0.2, 0.25) is 5.95 Å². The number of methoxy groups -OCH3 is 1. The highest BCUT2D eigenvalue weighted by atomic mass is 32.1. The zero-order chi connectivity index (χ0) is 14.9. The Kier molecular flexibility index (Phi) is 3.12. The number of tetrazole rings is 1. The number of hydrogen-bond donors (Lipinski definition) is 1. The third-order valence-corrected chi connectivity index (χ3v) is 4.47. The zero-order valence-electron chi connectivity index (χ0n) is 11.8. The van der Waals surface area contributed by atoms with Crippen molar-refractivity contribution in [2.45, 2.75) is 6.04 Å². The molecule has 1 aliphatic heterocycles. The minimum atomic E-state index is -0.0470. The second-order valence-electron chi connectivity index (χ2n) is 4.85. The van der Waals surface area contributed by atoms with Crippen molar-refractivity contribution in [1.29, 1.82) is 0 Å². The van der Waals surface area contributed by atoms with Crippen molar-refractivity contribution in [2.24, 2.45) is 0 Å². The van der Waals surface area contributed by atoms with Crippen LogP contribution in [0.5, 0.6) is 5.75 Å². The average Bonchev–Trinajstić information content (AvgIpc) is 3.25. The summed E-state index contributed by atoms with van der Waals surface area (Å²) in [6.45, 7) is 0. The van der Waals surface area contributed by atoms with Crippen molar-refractivity contribution in [3.63, 3.8) is 0 Å². The first-order valence-electron chi connectivity index (χ1n) is 6.80. The Morgan fingerprint density at radius 2 is 2.09 bits per heavy atom. The Hall–Kier alpha value is -2.67. The standard InChI is InChI=1S/C15H13N5OS/c1-21-11-6-4-10(5-7-11)13-9-12(14-3-2-8-22-14)16-15-17-18-19-20(13)15/h2-9,13H,1H3,(H,16,17,19)/t13-/m1/s1. The van der Waals surface area contributed by atoms with Gasteiger partial charge >= 0.3 is 0 Å². The van der Waals surface area contributed by atoms with Crippen LogP contribution in [-0.2, 0) is 0 Å². The second-order valence-corrected chi connectivity index (χ2v) is 5.80. The number of allylic oxidation sites excluding steroid dienone is 1. The van der Waals surface area contributed by atoms with E-state index in [9.17, 15) is 0 Å². The maximum Gasteiger partial charge on any atom is 0.248 e. The monoisotopic (exact) mass is 311 g/mol. The van der Waals surface area contributed by atoms with Gasteiger partial charge in [0.15, 0.2) is 0 Å². The zero-order valence-corrected chi connectivity index (χ0v) is 12.6. The summed E-state index contributed by atoms with van der Waals surface area (Å²) >= 11 is 1.68. The number of ether oxygens (including phenoxy) is 1. The fraction of sp³-hybridized carbons (Fsp3) is 0.133. The third kappa shape index (κ3) is 2.15. The lowest BCUT2D eigenvalue weighted by Crippen LogP contribution is -2.19. The minimum Gasteiger partial charge on any atom is -0.497 e. The molecule has 0 saturated carbocycles. The molecule has 0 amide bonds. The largest absolute Gasteiger partial charge is 0.497 e. The molecule has 6 nitrogen and oxygen atoms in total. The molecule has 1 aromatic carbocycles.